The third-order valence-electron chi connectivity index (χ3n) is 5.03. The van der Waals surface area contributed by atoms with Crippen molar-refractivity contribution in [3.05, 3.63) is 36.4 Å². The first-order chi connectivity index (χ1) is 12.5. The minimum absolute atomic E-state index is 0.00788. The van der Waals surface area contributed by atoms with E-state index >= 15 is 0 Å². The van der Waals surface area contributed by atoms with Crippen molar-refractivity contribution in [1.29, 1.82) is 0 Å². The maximum absolute atomic E-state index is 2.58. The molecular weight excluding hydrogens is 340 g/mol. The molecule has 0 spiro atoms. The second kappa shape index (κ2) is 6.97. The Labute approximate surface area is 173 Å². The molecule has 2 aromatic rings. The van der Waals surface area contributed by atoms with E-state index in [2.05, 4.69) is 129 Å². The Hall–Kier alpha value is -1.70. The topological polar surface area (TPSA) is 6.48 Å². The van der Waals surface area contributed by atoms with Crippen LogP contribution in [0.3, 0.4) is 0 Å². The zero-order valence-corrected chi connectivity index (χ0v) is 20.4. The summed E-state index contributed by atoms with van der Waals surface area (Å²) in [6.07, 6.45) is 0. The molecule has 2 rings (SSSR count). The fraction of sp³-hybridized carbons (Fsp3) is 0.615. The summed E-state index contributed by atoms with van der Waals surface area (Å²) < 4.78 is 0. The predicted octanol–water partition coefficient (Wildman–Crippen LogP) is 7.65. The van der Waals surface area contributed by atoms with Crippen molar-refractivity contribution < 1.29 is 0 Å². The highest BCUT2D eigenvalue weighted by molar-refractivity contribution is 6.04. The van der Waals surface area contributed by atoms with Gasteiger partial charge >= 0.3 is 0 Å². The second-order valence-corrected chi connectivity index (χ2v) is 12.0. The maximum atomic E-state index is 2.58. The van der Waals surface area contributed by atoms with E-state index in [1.54, 1.807) is 0 Å². The molecule has 0 heterocycles. The Kier molecular flexibility index (Phi) is 5.62. The highest BCUT2D eigenvalue weighted by Crippen LogP contribution is 2.44. The number of benzene rings is 2. The van der Waals surface area contributed by atoms with Gasteiger partial charge in [-0.15, -0.1) is 0 Å². The number of nitrogens with zero attached hydrogens (tertiary/aromatic N) is 2. The van der Waals surface area contributed by atoms with Crippen LogP contribution in [0.1, 0.15) is 83.1 Å². The molecule has 0 aliphatic heterocycles. The molecule has 0 saturated carbocycles. The van der Waals surface area contributed by atoms with E-state index in [0.29, 0.717) is 0 Å². The standard InChI is InChI=1S/C26H42N2/c1-23(2,3)27(24(4,5)6)20-17-13-15-19-16-14-18-21(22(19)20)28(25(7,8)9)26(10,11)12/h13-18H,1-12H3. The summed E-state index contributed by atoms with van der Waals surface area (Å²) in [6, 6.07) is 13.5. The van der Waals surface area contributed by atoms with Crippen molar-refractivity contribution in [3.8, 4) is 0 Å². The summed E-state index contributed by atoms with van der Waals surface area (Å²) in [5.41, 5.74) is 2.65. The SMILES string of the molecule is CC(C)(C)N(c1cccc2cccc(N(C(C)(C)C)C(C)(C)C)c12)C(C)(C)C. The molecule has 0 aromatic heterocycles. The third-order valence-corrected chi connectivity index (χ3v) is 5.03. The first-order valence-electron chi connectivity index (χ1n) is 10.6. The molecule has 0 fully saturated rings. The van der Waals surface area contributed by atoms with Crippen molar-refractivity contribution in [2.45, 2.75) is 105 Å². The van der Waals surface area contributed by atoms with Gasteiger partial charge in [-0.25, -0.2) is 0 Å². The van der Waals surface area contributed by atoms with Crippen LogP contribution in [0.5, 0.6) is 0 Å². The Morgan fingerprint density at radius 3 is 1.00 bits per heavy atom. The smallest absolute Gasteiger partial charge is 0.0475 e. The molecule has 0 aliphatic rings. The Morgan fingerprint density at radius 2 is 0.750 bits per heavy atom. The average molecular weight is 383 g/mol. The van der Waals surface area contributed by atoms with E-state index < -0.39 is 0 Å². The molecule has 28 heavy (non-hydrogen) atoms. The van der Waals surface area contributed by atoms with Crippen molar-refractivity contribution >= 4 is 22.1 Å². The van der Waals surface area contributed by atoms with Crippen LogP contribution in [-0.2, 0) is 0 Å². The Bertz CT molecular complexity index is 726. The van der Waals surface area contributed by atoms with Crippen molar-refractivity contribution in [3.63, 3.8) is 0 Å². The summed E-state index contributed by atoms with van der Waals surface area (Å²) in [6.45, 7) is 27.7. The van der Waals surface area contributed by atoms with Crippen LogP contribution in [0.4, 0.5) is 11.4 Å². The Morgan fingerprint density at radius 1 is 0.464 bits per heavy atom. The molecule has 0 aliphatic carbocycles. The molecule has 2 nitrogen and oxygen atoms in total. The third kappa shape index (κ3) is 4.47. The van der Waals surface area contributed by atoms with Crippen LogP contribution in [0.25, 0.3) is 10.8 Å². The minimum Gasteiger partial charge on any atom is -0.361 e. The van der Waals surface area contributed by atoms with E-state index in [0.717, 1.165) is 0 Å². The van der Waals surface area contributed by atoms with Gasteiger partial charge in [-0.3, -0.25) is 0 Å². The summed E-state index contributed by atoms with van der Waals surface area (Å²) in [5, 5.41) is 2.65. The normalized spacial score (nSPS) is 13.7. The summed E-state index contributed by atoms with van der Waals surface area (Å²) >= 11 is 0. The first kappa shape index (κ1) is 22.6. The highest BCUT2D eigenvalue weighted by atomic mass is 15.3. The van der Waals surface area contributed by atoms with Crippen LogP contribution in [0.2, 0.25) is 0 Å². The molecule has 0 atom stereocenters. The fourth-order valence-electron chi connectivity index (χ4n) is 5.13. The number of rotatable bonds is 2. The van der Waals surface area contributed by atoms with Crippen LogP contribution in [-0.4, -0.2) is 22.2 Å². The van der Waals surface area contributed by atoms with E-state index in [1.165, 1.54) is 22.1 Å². The monoisotopic (exact) mass is 382 g/mol. The van der Waals surface area contributed by atoms with E-state index in [1.807, 2.05) is 0 Å². The molecule has 0 saturated heterocycles. The molecule has 2 heteroatoms. The van der Waals surface area contributed by atoms with Crippen molar-refractivity contribution in [1.82, 2.24) is 0 Å². The maximum Gasteiger partial charge on any atom is 0.0475 e. The minimum atomic E-state index is 0.00788. The zero-order chi connectivity index (χ0) is 21.7. The number of anilines is 2. The molecule has 0 N–H and O–H groups in total. The van der Waals surface area contributed by atoms with Gasteiger partial charge in [-0.2, -0.15) is 0 Å². The van der Waals surface area contributed by atoms with Crippen molar-refractivity contribution in [2.75, 3.05) is 9.80 Å². The van der Waals surface area contributed by atoms with Gasteiger partial charge in [0, 0.05) is 38.9 Å². The quantitative estimate of drug-likeness (QED) is 0.526. The molecular formula is C26H42N2. The second-order valence-electron chi connectivity index (χ2n) is 12.0. The number of hydrogen-bond acceptors (Lipinski definition) is 2. The lowest BCUT2D eigenvalue weighted by Gasteiger charge is -2.50. The molecule has 0 unspecified atom stereocenters. The van der Waals surface area contributed by atoms with Crippen molar-refractivity contribution in [2.24, 2.45) is 0 Å². The lowest BCUT2D eigenvalue weighted by molar-refractivity contribution is 0.379. The molecule has 0 radical (unpaired) electrons. The van der Waals surface area contributed by atoms with E-state index in [4.69, 9.17) is 0 Å². The summed E-state index contributed by atoms with van der Waals surface area (Å²) in [7, 11) is 0. The van der Waals surface area contributed by atoms with Gasteiger partial charge in [-0.1, -0.05) is 24.3 Å². The van der Waals surface area contributed by atoms with Crippen LogP contribution in [0, 0.1) is 0 Å². The number of hydrogen-bond donors (Lipinski definition) is 0. The van der Waals surface area contributed by atoms with Gasteiger partial charge in [-0.05, 0) is 101 Å². The lowest BCUT2D eigenvalue weighted by atomic mass is 9.90. The Balaban J connectivity index is 2.96. The van der Waals surface area contributed by atoms with E-state index in [-0.39, 0.29) is 22.2 Å². The van der Waals surface area contributed by atoms with Crippen LogP contribution >= 0.6 is 0 Å². The average Bonchev–Trinajstić information content (AvgIpc) is 2.41. The summed E-state index contributed by atoms with van der Waals surface area (Å²) in [5.74, 6) is 0. The highest BCUT2D eigenvalue weighted by Gasteiger charge is 2.36. The van der Waals surface area contributed by atoms with Gasteiger partial charge in [0.25, 0.3) is 0 Å². The molecule has 0 amide bonds. The largest absolute Gasteiger partial charge is 0.361 e. The predicted molar refractivity (Wildman–Crippen MR) is 128 cm³/mol. The van der Waals surface area contributed by atoms with Gasteiger partial charge < -0.3 is 9.80 Å². The van der Waals surface area contributed by atoms with Crippen LogP contribution in [0.15, 0.2) is 36.4 Å². The molecule has 0 bridgehead atoms. The van der Waals surface area contributed by atoms with Gasteiger partial charge in [0.1, 0.15) is 0 Å². The first-order valence-corrected chi connectivity index (χ1v) is 10.6. The molecule has 2 aromatic carbocycles. The number of fused-ring (bicyclic) bond motifs is 1. The lowest BCUT2D eigenvalue weighted by Crippen LogP contribution is -2.54. The fourth-order valence-corrected chi connectivity index (χ4v) is 5.13. The van der Waals surface area contributed by atoms with E-state index in [9.17, 15) is 0 Å². The molecule has 156 valence electrons. The van der Waals surface area contributed by atoms with Gasteiger partial charge in [0.2, 0.25) is 0 Å². The summed E-state index contributed by atoms with van der Waals surface area (Å²) in [4.78, 5) is 5.16. The van der Waals surface area contributed by atoms with Crippen LogP contribution < -0.4 is 9.80 Å². The van der Waals surface area contributed by atoms with Gasteiger partial charge in [0.15, 0.2) is 0 Å². The van der Waals surface area contributed by atoms with Gasteiger partial charge in [0.05, 0.1) is 0 Å². The zero-order valence-electron chi connectivity index (χ0n) is 20.4.